The van der Waals surface area contributed by atoms with Crippen LogP contribution in [0.5, 0.6) is 5.75 Å². The zero-order valence-corrected chi connectivity index (χ0v) is 14.6. The van der Waals surface area contributed by atoms with E-state index in [9.17, 15) is 14.9 Å². The van der Waals surface area contributed by atoms with E-state index in [0.717, 1.165) is 18.8 Å². The Kier molecular flexibility index (Phi) is 5.36. The van der Waals surface area contributed by atoms with E-state index in [1.54, 1.807) is 13.0 Å². The molecule has 0 atom stereocenters. The van der Waals surface area contributed by atoms with Crippen LogP contribution in [0.25, 0.3) is 0 Å². The van der Waals surface area contributed by atoms with Gasteiger partial charge in [0.05, 0.1) is 11.5 Å². The van der Waals surface area contributed by atoms with Gasteiger partial charge >= 0.3 is 5.69 Å². The van der Waals surface area contributed by atoms with Crippen LogP contribution >= 0.6 is 0 Å². The maximum Gasteiger partial charge on any atom is 0.311 e. The number of hydrogen-bond acceptors (Lipinski definition) is 5. The van der Waals surface area contributed by atoms with Crippen molar-refractivity contribution in [2.24, 2.45) is 0 Å². The van der Waals surface area contributed by atoms with E-state index < -0.39 is 10.8 Å². The third-order valence-corrected chi connectivity index (χ3v) is 4.29. The highest BCUT2D eigenvalue weighted by molar-refractivity contribution is 6.05. The first-order valence-electron chi connectivity index (χ1n) is 8.66. The molecule has 3 rings (SSSR count). The van der Waals surface area contributed by atoms with Crippen molar-refractivity contribution < 1.29 is 14.5 Å². The maximum absolute atomic E-state index is 12.5. The lowest BCUT2D eigenvalue weighted by molar-refractivity contribution is -0.385. The third-order valence-electron chi connectivity index (χ3n) is 4.29. The number of nitrogens with zero attached hydrogens (tertiary/aromatic N) is 2. The Morgan fingerprint density at radius 3 is 2.69 bits per heavy atom. The molecular formula is C19H21N3O4. The summed E-state index contributed by atoms with van der Waals surface area (Å²) < 4.78 is 5.25. The number of benzene rings is 2. The normalized spacial score (nSPS) is 13.5. The van der Waals surface area contributed by atoms with Crippen molar-refractivity contribution in [1.29, 1.82) is 0 Å². The summed E-state index contributed by atoms with van der Waals surface area (Å²) in [6.07, 6.45) is 2.35. The first kappa shape index (κ1) is 17.7. The largest absolute Gasteiger partial charge is 0.487 e. The number of hydrogen-bond donors (Lipinski definition) is 1. The summed E-state index contributed by atoms with van der Waals surface area (Å²) in [6, 6.07) is 11.9. The summed E-state index contributed by atoms with van der Waals surface area (Å²) in [4.78, 5) is 25.4. The van der Waals surface area contributed by atoms with Gasteiger partial charge in [0.25, 0.3) is 5.91 Å². The minimum Gasteiger partial charge on any atom is -0.487 e. The molecule has 0 bridgehead atoms. The van der Waals surface area contributed by atoms with E-state index in [1.165, 1.54) is 31.0 Å². The van der Waals surface area contributed by atoms with Crippen LogP contribution in [0.3, 0.4) is 0 Å². The van der Waals surface area contributed by atoms with Gasteiger partial charge in [-0.15, -0.1) is 0 Å². The molecule has 2 aromatic carbocycles. The molecule has 0 saturated carbocycles. The van der Waals surface area contributed by atoms with E-state index in [-0.39, 0.29) is 17.0 Å². The van der Waals surface area contributed by atoms with Crippen molar-refractivity contribution in [3.05, 3.63) is 58.1 Å². The Morgan fingerprint density at radius 1 is 1.23 bits per heavy atom. The number of nitrogens with one attached hydrogen (secondary N) is 1. The molecule has 0 aromatic heterocycles. The summed E-state index contributed by atoms with van der Waals surface area (Å²) in [5.74, 6) is -0.236. The van der Waals surface area contributed by atoms with Gasteiger partial charge in [0.2, 0.25) is 0 Å². The molecule has 7 heteroatoms. The van der Waals surface area contributed by atoms with Gasteiger partial charge in [-0.1, -0.05) is 6.07 Å². The standard InChI is InChI=1S/C19H21N3O4/c1-2-26-18-9-8-14(12-17(18)22(24)25)19(23)20-15-6-5-7-16(13-15)21-10-3-4-11-21/h5-9,12-13H,2-4,10-11H2,1H3,(H,20,23). The highest BCUT2D eigenvalue weighted by Gasteiger charge is 2.19. The molecule has 0 aliphatic carbocycles. The average Bonchev–Trinajstić information content (AvgIpc) is 3.17. The molecule has 1 aliphatic rings. The number of anilines is 2. The number of carbonyl (C=O) groups excluding carboxylic acids is 1. The van der Waals surface area contributed by atoms with Gasteiger partial charge in [0, 0.05) is 36.1 Å². The monoisotopic (exact) mass is 355 g/mol. The summed E-state index contributed by atoms with van der Waals surface area (Å²) >= 11 is 0. The molecule has 26 heavy (non-hydrogen) atoms. The molecule has 1 heterocycles. The molecule has 1 amide bonds. The lowest BCUT2D eigenvalue weighted by Crippen LogP contribution is -2.18. The summed E-state index contributed by atoms with van der Waals surface area (Å²) in [7, 11) is 0. The second-order valence-electron chi connectivity index (χ2n) is 6.07. The van der Waals surface area contributed by atoms with Crippen LogP contribution in [0.15, 0.2) is 42.5 Å². The highest BCUT2D eigenvalue weighted by atomic mass is 16.6. The smallest absolute Gasteiger partial charge is 0.311 e. The van der Waals surface area contributed by atoms with Crippen molar-refractivity contribution in [1.82, 2.24) is 0 Å². The Hall–Kier alpha value is -3.09. The topological polar surface area (TPSA) is 84.7 Å². The van der Waals surface area contributed by atoms with Gasteiger partial charge in [-0.05, 0) is 50.1 Å². The fourth-order valence-electron chi connectivity index (χ4n) is 3.04. The molecule has 1 N–H and O–H groups in total. The lowest BCUT2D eigenvalue weighted by Gasteiger charge is -2.18. The Labute approximate surface area is 151 Å². The molecule has 0 spiro atoms. The van der Waals surface area contributed by atoms with Crippen LogP contribution in [0.4, 0.5) is 17.1 Å². The van der Waals surface area contributed by atoms with E-state index in [1.807, 2.05) is 18.2 Å². The number of amides is 1. The van der Waals surface area contributed by atoms with Gasteiger partial charge < -0.3 is 15.0 Å². The predicted octanol–water partition coefficient (Wildman–Crippen LogP) is 3.85. The summed E-state index contributed by atoms with van der Waals surface area (Å²) in [5.41, 5.74) is 1.73. The minimum absolute atomic E-state index is 0.157. The first-order valence-corrected chi connectivity index (χ1v) is 8.66. The predicted molar refractivity (Wildman–Crippen MR) is 100 cm³/mol. The average molecular weight is 355 g/mol. The van der Waals surface area contributed by atoms with E-state index in [0.29, 0.717) is 12.3 Å². The van der Waals surface area contributed by atoms with Crippen LogP contribution in [0.2, 0.25) is 0 Å². The fourth-order valence-corrected chi connectivity index (χ4v) is 3.04. The molecule has 1 aliphatic heterocycles. The van der Waals surface area contributed by atoms with Crippen LogP contribution in [-0.2, 0) is 0 Å². The van der Waals surface area contributed by atoms with Gasteiger partial charge in [0.15, 0.2) is 5.75 Å². The van der Waals surface area contributed by atoms with E-state index >= 15 is 0 Å². The molecule has 1 fully saturated rings. The highest BCUT2D eigenvalue weighted by Crippen LogP contribution is 2.29. The lowest BCUT2D eigenvalue weighted by atomic mass is 10.1. The molecular weight excluding hydrogens is 334 g/mol. The first-order chi connectivity index (χ1) is 12.6. The van der Waals surface area contributed by atoms with Gasteiger partial charge in [-0.2, -0.15) is 0 Å². The van der Waals surface area contributed by atoms with Crippen LogP contribution in [0, 0.1) is 10.1 Å². The van der Waals surface area contributed by atoms with Crippen molar-refractivity contribution in [2.45, 2.75) is 19.8 Å². The van der Waals surface area contributed by atoms with E-state index in [4.69, 9.17) is 4.74 Å². The third kappa shape index (κ3) is 3.93. The molecule has 2 aromatic rings. The van der Waals surface area contributed by atoms with Crippen LogP contribution in [0.1, 0.15) is 30.1 Å². The van der Waals surface area contributed by atoms with E-state index in [2.05, 4.69) is 10.2 Å². The number of nitro benzene ring substituents is 1. The molecule has 0 unspecified atom stereocenters. The van der Waals surface area contributed by atoms with Gasteiger partial charge in [0.1, 0.15) is 0 Å². The molecule has 136 valence electrons. The van der Waals surface area contributed by atoms with Crippen molar-refractivity contribution in [3.8, 4) is 5.75 Å². The zero-order chi connectivity index (χ0) is 18.5. The van der Waals surface area contributed by atoms with Crippen molar-refractivity contribution >= 4 is 23.0 Å². The number of carbonyl (C=O) groups is 1. The second-order valence-corrected chi connectivity index (χ2v) is 6.07. The van der Waals surface area contributed by atoms with Gasteiger partial charge in [-0.3, -0.25) is 14.9 Å². The number of ether oxygens (including phenoxy) is 1. The molecule has 1 saturated heterocycles. The Bertz CT molecular complexity index is 816. The van der Waals surface area contributed by atoms with Crippen LogP contribution in [-0.4, -0.2) is 30.5 Å². The number of nitro groups is 1. The number of rotatable bonds is 6. The molecule has 7 nitrogen and oxygen atoms in total. The maximum atomic E-state index is 12.5. The Balaban J connectivity index is 1.78. The summed E-state index contributed by atoms with van der Waals surface area (Å²) in [6.45, 7) is 4.10. The van der Waals surface area contributed by atoms with Crippen molar-refractivity contribution in [3.63, 3.8) is 0 Å². The quantitative estimate of drug-likeness (QED) is 0.628. The minimum atomic E-state index is -0.546. The van der Waals surface area contributed by atoms with Gasteiger partial charge in [-0.25, -0.2) is 0 Å². The van der Waals surface area contributed by atoms with Crippen LogP contribution < -0.4 is 15.0 Å². The summed E-state index contributed by atoms with van der Waals surface area (Å²) in [5, 5.41) is 14.0. The fraction of sp³-hybridized carbons (Fsp3) is 0.316. The Morgan fingerprint density at radius 2 is 2.00 bits per heavy atom. The zero-order valence-electron chi connectivity index (χ0n) is 14.6. The van der Waals surface area contributed by atoms with Crippen molar-refractivity contribution in [2.75, 3.05) is 29.9 Å². The second kappa shape index (κ2) is 7.86. The SMILES string of the molecule is CCOc1ccc(C(=O)Nc2cccc(N3CCCC3)c2)cc1[N+](=O)[O-]. The molecule has 0 radical (unpaired) electrons.